The van der Waals surface area contributed by atoms with Gasteiger partial charge in [-0.25, -0.2) is 13.2 Å². The summed E-state index contributed by atoms with van der Waals surface area (Å²) >= 11 is 0. The molecule has 0 amide bonds. The molecule has 0 heterocycles. The van der Waals surface area contributed by atoms with Gasteiger partial charge in [0.25, 0.3) is 0 Å². The number of rotatable bonds is 8. The monoisotopic (exact) mass is 297 g/mol. The molecule has 1 aromatic rings. The van der Waals surface area contributed by atoms with E-state index in [1.807, 2.05) is 6.92 Å². The minimum atomic E-state index is -2.19. The third kappa shape index (κ3) is 4.06. The van der Waals surface area contributed by atoms with E-state index in [0.29, 0.717) is 6.54 Å². The summed E-state index contributed by atoms with van der Waals surface area (Å²) in [6.45, 7) is 2.81. The third-order valence-corrected chi connectivity index (χ3v) is 2.65. The maximum Gasteiger partial charge on any atom is 0.206 e. The molecule has 7 heteroatoms. The smallest absolute Gasteiger partial charge is 0.206 e. The molecule has 0 saturated carbocycles. The Morgan fingerprint density at radius 2 is 1.35 bits per heavy atom. The van der Waals surface area contributed by atoms with Gasteiger partial charge in [0.15, 0.2) is 5.75 Å². The van der Waals surface area contributed by atoms with E-state index in [4.69, 9.17) is 0 Å². The first-order valence-corrected chi connectivity index (χ1v) is 6.35. The van der Waals surface area contributed by atoms with Gasteiger partial charge in [-0.15, -0.1) is 0 Å². The number of hydrogen-bond acceptors (Lipinski definition) is 2. The van der Waals surface area contributed by atoms with E-state index < -0.39 is 34.8 Å². The lowest BCUT2D eigenvalue weighted by Gasteiger charge is -2.10. The first-order chi connectivity index (χ1) is 9.50. The van der Waals surface area contributed by atoms with Crippen LogP contribution in [0, 0.1) is 29.1 Å². The van der Waals surface area contributed by atoms with Gasteiger partial charge in [-0.05, 0) is 13.0 Å². The average molecular weight is 297 g/mol. The Kier molecular flexibility index (Phi) is 6.70. The van der Waals surface area contributed by atoms with Crippen LogP contribution in [0.2, 0.25) is 0 Å². The van der Waals surface area contributed by atoms with Crippen molar-refractivity contribution in [1.82, 2.24) is 5.32 Å². The summed E-state index contributed by atoms with van der Waals surface area (Å²) in [4.78, 5) is 0. The van der Waals surface area contributed by atoms with E-state index in [-0.39, 0.29) is 13.2 Å². The second kappa shape index (κ2) is 8.04. The standard InChI is InChI=1S/C13H16F5NO/c1-2-3-4-5-19-6-7-20-13-11(17)9(15)8(14)10(16)12(13)18/h19H,2-7H2,1H3. The number of halogens is 5. The van der Waals surface area contributed by atoms with Crippen LogP contribution in [-0.4, -0.2) is 19.7 Å². The summed E-state index contributed by atoms with van der Waals surface area (Å²) in [7, 11) is 0. The molecule has 1 aromatic carbocycles. The highest BCUT2D eigenvalue weighted by Gasteiger charge is 2.26. The molecule has 0 bridgehead atoms. The molecule has 0 aliphatic carbocycles. The van der Waals surface area contributed by atoms with E-state index >= 15 is 0 Å². The summed E-state index contributed by atoms with van der Waals surface area (Å²) in [6, 6.07) is 0. The van der Waals surface area contributed by atoms with Gasteiger partial charge in [-0.3, -0.25) is 0 Å². The van der Waals surface area contributed by atoms with Gasteiger partial charge in [0.05, 0.1) is 0 Å². The van der Waals surface area contributed by atoms with Crippen molar-refractivity contribution in [2.24, 2.45) is 0 Å². The molecule has 114 valence electrons. The second-order valence-electron chi connectivity index (χ2n) is 4.20. The van der Waals surface area contributed by atoms with Gasteiger partial charge in [0.1, 0.15) is 6.61 Å². The second-order valence-corrected chi connectivity index (χ2v) is 4.20. The summed E-state index contributed by atoms with van der Waals surface area (Å²) in [5, 5.41) is 2.94. The van der Waals surface area contributed by atoms with Gasteiger partial charge in [0, 0.05) is 6.54 Å². The molecule has 0 unspecified atom stereocenters. The Bertz CT molecular complexity index is 424. The minimum absolute atomic E-state index is 0.190. The summed E-state index contributed by atoms with van der Waals surface area (Å²) in [6.07, 6.45) is 3.05. The average Bonchev–Trinajstić information content (AvgIpc) is 2.45. The Morgan fingerprint density at radius 3 is 1.90 bits per heavy atom. The maximum absolute atomic E-state index is 13.2. The maximum atomic E-state index is 13.2. The Morgan fingerprint density at radius 1 is 0.800 bits per heavy atom. The molecule has 0 saturated heterocycles. The molecule has 0 atom stereocenters. The van der Waals surface area contributed by atoms with Gasteiger partial charge in [0.2, 0.25) is 29.1 Å². The van der Waals surface area contributed by atoms with Crippen molar-refractivity contribution in [3.8, 4) is 5.75 Å². The molecule has 0 fully saturated rings. The topological polar surface area (TPSA) is 21.3 Å². The first-order valence-electron chi connectivity index (χ1n) is 6.35. The lowest BCUT2D eigenvalue weighted by molar-refractivity contribution is 0.261. The minimum Gasteiger partial charge on any atom is -0.486 e. The van der Waals surface area contributed by atoms with Crippen LogP contribution in [0.25, 0.3) is 0 Å². The molecule has 0 aromatic heterocycles. The Labute approximate surface area is 113 Å². The predicted octanol–water partition coefficient (Wildman–Crippen LogP) is 3.54. The predicted molar refractivity (Wildman–Crippen MR) is 64.1 cm³/mol. The van der Waals surface area contributed by atoms with E-state index in [9.17, 15) is 22.0 Å². The van der Waals surface area contributed by atoms with Crippen molar-refractivity contribution in [1.29, 1.82) is 0 Å². The van der Waals surface area contributed by atoms with Crippen molar-refractivity contribution in [3.05, 3.63) is 29.1 Å². The van der Waals surface area contributed by atoms with Gasteiger partial charge in [-0.1, -0.05) is 19.8 Å². The van der Waals surface area contributed by atoms with E-state index in [1.165, 1.54) is 0 Å². The van der Waals surface area contributed by atoms with Crippen LogP contribution < -0.4 is 10.1 Å². The Balaban J connectivity index is 2.52. The molecule has 1 rings (SSSR count). The molecular formula is C13H16F5NO. The molecule has 0 aliphatic rings. The molecule has 2 nitrogen and oxygen atoms in total. The zero-order chi connectivity index (χ0) is 15.1. The van der Waals surface area contributed by atoms with Crippen molar-refractivity contribution in [2.45, 2.75) is 26.2 Å². The number of unbranched alkanes of at least 4 members (excludes halogenated alkanes) is 2. The molecule has 0 aliphatic heterocycles. The van der Waals surface area contributed by atoms with Crippen LogP contribution >= 0.6 is 0 Å². The number of nitrogens with one attached hydrogen (secondary N) is 1. The zero-order valence-corrected chi connectivity index (χ0v) is 11.0. The fourth-order valence-corrected chi connectivity index (χ4v) is 1.56. The Hall–Kier alpha value is -1.37. The number of benzene rings is 1. The van der Waals surface area contributed by atoms with Crippen molar-refractivity contribution < 1.29 is 26.7 Å². The quantitative estimate of drug-likeness (QED) is 0.343. The van der Waals surface area contributed by atoms with Gasteiger partial charge >= 0.3 is 0 Å². The van der Waals surface area contributed by atoms with Crippen LogP contribution in [0.4, 0.5) is 22.0 Å². The zero-order valence-electron chi connectivity index (χ0n) is 11.0. The summed E-state index contributed by atoms with van der Waals surface area (Å²) < 4.78 is 69.5. The van der Waals surface area contributed by atoms with Gasteiger partial charge < -0.3 is 10.1 Å². The van der Waals surface area contributed by atoms with Crippen LogP contribution in [0.3, 0.4) is 0 Å². The lowest BCUT2D eigenvalue weighted by atomic mass is 10.2. The van der Waals surface area contributed by atoms with Gasteiger partial charge in [-0.2, -0.15) is 8.78 Å². The highest BCUT2D eigenvalue weighted by atomic mass is 19.2. The summed E-state index contributed by atoms with van der Waals surface area (Å²) in [5.74, 6) is -11.3. The number of ether oxygens (including phenoxy) is 1. The highest BCUT2D eigenvalue weighted by molar-refractivity contribution is 5.29. The molecule has 20 heavy (non-hydrogen) atoms. The normalized spacial score (nSPS) is 10.9. The first kappa shape index (κ1) is 16.7. The van der Waals surface area contributed by atoms with Crippen molar-refractivity contribution >= 4 is 0 Å². The molecule has 0 spiro atoms. The van der Waals surface area contributed by atoms with E-state index in [2.05, 4.69) is 10.1 Å². The SMILES string of the molecule is CCCCCNCCOc1c(F)c(F)c(F)c(F)c1F. The van der Waals surface area contributed by atoms with Crippen molar-refractivity contribution in [2.75, 3.05) is 19.7 Å². The molecule has 1 N–H and O–H groups in total. The van der Waals surface area contributed by atoms with Crippen LogP contribution in [0.5, 0.6) is 5.75 Å². The van der Waals surface area contributed by atoms with Crippen LogP contribution in [-0.2, 0) is 0 Å². The van der Waals surface area contributed by atoms with Crippen molar-refractivity contribution in [3.63, 3.8) is 0 Å². The summed E-state index contributed by atoms with van der Waals surface area (Å²) in [5.41, 5.74) is 0. The molecule has 0 radical (unpaired) electrons. The largest absolute Gasteiger partial charge is 0.486 e. The lowest BCUT2D eigenvalue weighted by Crippen LogP contribution is -2.23. The third-order valence-electron chi connectivity index (χ3n) is 2.65. The number of hydrogen-bond donors (Lipinski definition) is 1. The molecular weight excluding hydrogens is 281 g/mol. The fraction of sp³-hybridized carbons (Fsp3) is 0.538. The van der Waals surface area contributed by atoms with E-state index in [0.717, 1.165) is 19.3 Å². The van der Waals surface area contributed by atoms with Crippen LogP contribution in [0.1, 0.15) is 26.2 Å². The fourth-order valence-electron chi connectivity index (χ4n) is 1.56. The van der Waals surface area contributed by atoms with E-state index in [1.54, 1.807) is 0 Å². The highest BCUT2D eigenvalue weighted by Crippen LogP contribution is 2.28. The van der Waals surface area contributed by atoms with Crippen LogP contribution in [0.15, 0.2) is 0 Å².